The van der Waals surface area contributed by atoms with E-state index in [0.29, 0.717) is 5.56 Å². The summed E-state index contributed by atoms with van der Waals surface area (Å²) >= 11 is 3.04. The number of carbonyl (C=O) groups excluding carboxylic acids is 1. The van der Waals surface area contributed by atoms with Crippen molar-refractivity contribution in [2.75, 3.05) is 6.26 Å². The van der Waals surface area contributed by atoms with Crippen LogP contribution < -0.4 is 5.32 Å². The van der Waals surface area contributed by atoms with Crippen LogP contribution in [0.25, 0.3) is 11.1 Å². The molecule has 2 N–H and O–H groups in total. The molecule has 0 spiro atoms. The van der Waals surface area contributed by atoms with Crippen LogP contribution in [-0.4, -0.2) is 38.8 Å². The third kappa shape index (κ3) is 5.87. The highest BCUT2D eigenvalue weighted by Gasteiger charge is 2.26. The Morgan fingerprint density at radius 3 is 2.37 bits per heavy atom. The number of benzene rings is 2. The van der Waals surface area contributed by atoms with E-state index in [1.165, 1.54) is 11.8 Å². The molecule has 2 atom stereocenters. The fourth-order valence-electron chi connectivity index (χ4n) is 2.94. The fraction of sp³-hybridized carbons (Fsp3) is 0.174. The topological polar surface area (TPSA) is 79.3 Å². The lowest BCUT2D eigenvalue weighted by Gasteiger charge is -2.20. The second-order valence-corrected chi connectivity index (χ2v) is 9.02. The summed E-state index contributed by atoms with van der Waals surface area (Å²) < 4.78 is -0.0642. The number of carboxylic acids is 1. The zero-order valence-electron chi connectivity index (χ0n) is 16.4. The Morgan fingerprint density at radius 2 is 1.70 bits per heavy atom. The molecule has 5 nitrogen and oxygen atoms in total. The molecule has 154 valence electrons. The molecule has 3 rings (SSSR count). The van der Waals surface area contributed by atoms with Gasteiger partial charge < -0.3 is 10.4 Å². The Balaban J connectivity index is 1.76. The van der Waals surface area contributed by atoms with Gasteiger partial charge in [-0.25, -0.2) is 9.78 Å². The van der Waals surface area contributed by atoms with Crippen molar-refractivity contribution in [3.8, 4) is 11.1 Å². The first kappa shape index (κ1) is 21.9. The van der Waals surface area contributed by atoms with E-state index in [1.807, 2.05) is 66.9 Å². The van der Waals surface area contributed by atoms with E-state index in [9.17, 15) is 14.7 Å². The van der Waals surface area contributed by atoms with Crippen LogP contribution in [0.3, 0.4) is 0 Å². The maximum absolute atomic E-state index is 13.0. The third-order valence-electron chi connectivity index (χ3n) is 4.44. The lowest BCUT2D eigenvalue weighted by Crippen LogP contribution is -2.42. The van der Waals surface area contributed by atoms with Gasteiger partial charge in [0.25, 0.3) is 5.91 Å². The smallest absolute Gasteiger partial charge is 0.326 e. The largest absolute Gasteiger partial charge is 0.480 e. The molecule has 0 aliphatic rings. The van der Waals surface area contributed by atoms with Crippen LogP contribution >= 0.6 is 23.5 Å². The van der Waals surface area contributed by atoms with Crippen LogP contribution in [0.1, 0.15) is 16.8 Å². The summed E-state index contributed by atoms with van der Waals surface area (Å²) in [5.74, 6) is -1.45. The number of nitrogens with zero attached hydrogens (tertiary/aromatic N) is 1. The van der Waals surface area contributed by atoms with Gasteiger partial charge in [0, 0.05) is 11.8 Å². The molecule has 1 aromatic heterocycles. The molecule has 30 heavy (non-hydrogen) atoms. The Morgan fingerprint density at radius 1 is 1.00 bits per heavy atom. The number of carboxylic acid groups (broad SMARTS) is 1. The minimum atomic E-state index is -1.05. The standard InChI is InChI=1S/C23H22N2O3S2/c1-29-21(30-20-13-7-8-14-24-20)15-19(23(27)28)25-22(26)18-12-6-5-11-17(18)16-9-3-2-4-10-16/h2-14,19,21H,15H2,1H3,(H,25,26)(H,27,28). The van der Waals surface area contributed by atoms with Crippen molar-refractivity contribution in [2.45, 2.75) is 22.1 Å². The summed E-state index contributed by atoms with van der Waals surface area (Å²) in [6, 6.07) is 21.4. The zero-order valence-corrected chi connectivity index (χ0v) is 18.0. The van der Waals surface area contributed by atoms with Gasteiger partial charge in [0.15, 0.2) is 0 Å². The first-order valence-electron chi connectivity index (χ1n) is 9.37. The average molecular weight is 439 g/mol. The fourth-order valence-corrected chi connectivity index (χ4v) is 4.85. The molecule has 2 unspecified atom stereocenters. The summed E-state index contributed by atoms with van der Waals surface area (Å²) in [5.41, 5.74) is 2.12. The van der Waals surface area contributed by atoms with E-state index in [1.54, 1.807) is 30.1 Å². The molecular weight excluding hydrogens is 416 g/mol. The summed E-state index contributed by atoms with van der Waals surface area (Å²) in [7, 11) is 0. The number of hydrogen-bond donors (Lipinski definition) is 2. The second kappa shape index (κ2) is 10.8. The number of aromatic nitrogens is 1. The maximum Gasteiger partial charge on any atom is 0.326 e. The molecule has 0 saturated heterocycles. The SMILES string of the molecule is CSC(CC(NC(=O)c1ccccc1-c1ccccc1)C(=O)O)Sc1ccccn1. The zero-order chi connectivity index (χ0) is 21.3. The predicted molar refractivity (Wildman–Crippen MR) is 123 cm³/mol. The molecule has 0 saturated carbocycles. The molecule has 1 amide bonds. The van der Waals surface area contributed by atoms with Crippen molar-refractivity contribution in [2.24, 2.45) is 0 Å². The Kier molecular flexibility index (Phi) is 7.93. The van der Waals surface area contributed by atoms with E-state index in [0.717, 1.165) is 16.2 Å². The minimum absolute atomic E-state index is 0.0642. The Labute approximate surface area is 184 Å². The molecular formula is C23H22N2O3S2. The summed E-state index contributed by atoms with van der Waals surface area (Å²) in [6.07, 6.45) is 3.90. The van der Waals surface area contributed by atoms with Crippen molar-refractivity contribution >= 4 is 35.4 Å². The summed E-state index contributed by atoms with van der Waals surface area (Å²) in [6.45, 7) is 0. The lowest BCUT2D eigenvalue weighted by atomic mass is 9.99. The molecule has 0 fully saturated rings. The van der Waals surface area contributed by atoms with Gasteiger partial charge in [0.05, 0.1) is 9.61 Å². The first-order valence-corrected chi connectivity index (χ1v) is 11.5. The van der Waals surface area contributed by atoms with Crippen molar-refractivity contribution in [3.05, 3.63) is 84.6 Å². The summed E-state index contributed by atoms with van der Waals surface area (Å²) in [5, 5.41) is 13.2. The third-order valence-corrected chi connectivity index (χ3v) is 6.96. The molecule has 0 bridgehead atoms. The van der Waals surface area contributed by atoms with Gasteiger partial charge >= 0.3 is 5.97 Å². The van der Waals surface area contributed by atoms with Gasteiger partial charge in [0.2, 0.25) is 0 Å². The van der Waals surface area contributed by atoms with Crippen molar-refractivity contribution in [1.29, 1.82) is 0 Å². The van der Waals surface area contributed by atoms with Crippen LogP contribution in [0, 0.1) is 0 Å². The van der Waals surface area contributed by atoms with Gasteiger partial charge in [-0.05, 0) is 42.0 Å². The van der Waals surface area contributed by atoms with Crippen LogP contribution in [0.4, 0.5) is 0 Å². The highest BCUT2D eigenvalue weighted by atomic mass is 32.2. The van der Waals surface area contributed by atoms with Gasteiger partial charge in [-0.2, -0.15) is 11.8 Å². The van der Waals surface area contributed by atoms with Crippen LogP contribution in [0.2, 0.25) is 0 Å². The average Bonchev–Trinajstić information content (AvgIpc) is 2.79. The quantitative estimate of drug-likeness (QED) is 0.369. The highest BCUT2D eigenvalue weighted by Crippen LogP contribution is 2.31. The number of thioether (sulfide) groups is 2. The van der Waals surface area contributed by atoms with Crippen LogP contribution in [-0.2, 0) is 4.79 Å². The molecule has 0 aliphatic heterocycles. The van der Waals surface area contributed by atoms with Crippen molar-refractivity contribution in [1.82, 2.24) is 10.3 Å². The van der Waals surface area contributed by atoms with Gasteiger partial charge in [-0.15, -0.1) is 0 Å². The van der Waals surface area contributed by atoms with E-state index >= 15 is 0 Å². The molecule has 0 aliphatic carbocycles. The van der Waals surface area contributed by atoms with Crippen molar-refractivity contribution < 1.29 is 14.7 Å². The Hall–Kier alpha value is -2.77. The van der Waals surface area contributed by atoms with Gasteiger partial charge in [0.1, 0.15) is 6.04 Å². The number of nitrogens with one attached hydrogen (secondary N) is 1. The van der Waals surface area contributed by atoms with Gasteiger partial charge in [-0.3, -0.25) is 4.79 Å². The van der Waals surface area contributed by atoms with Crippen LogP contribution in [0.15, 0.2) is 84.0 Å². The number of hydrogen-bond acceptors (Lipinski definition) is 5. The molecule has 2 aromatic carbocycles. The van der Waals surface area contributed by atoms with Gasteiger partial charge in [-0.1, -0.05) is 66.4 Å². The van der Waals surface area contributed by atoms with Crippen LogP contribution in [0.5, 0.6) is 0 Å². The number of carbonyl (C=O) groups is 2. The number of aliphatic carboxylic acids is 1. The normalized spacial score (nSPS) is 12.7. The lowest BCUT2D eigenvalue weighted by molar-refractivity contribution is -0.139. The van der Waals surface area contributed by atoms with Crippen molar-refractivity contribution in [3.63, 3.8) is 0 Å². The summed E-state index contributed by atoms with van der Waals surface area (Å²) in [4.78, 5) is 29.1. The molecule has 0 radical (unpaired) electrons. The Bertz CT molecular complexity index is 984. The molecule has 3 aromatic rings. The molecule has 1 heterocycles. The minimum Gasteiger partial charge on any atom is -0.480 e. The first-order chi connectivity index (χ1) is 14.6. The monoisotopic (exact) mass is 438 g/mol. The molecule has 7 heteroatoms. The maximum atomic E-state index is 13.0. The number of pyridine rings is 1. The van der Waals surface area contributed by atoms with E-state index in [-0.39, 0.29) is 11.0 Å². The van der Waals surface area contributed by atoms with E-state index in [4.69, 9.17) is 0 Å². The second-order valence-electron chi connectivity index (χ2n) is 6.46. The number of rotatable bonds is 9. The van der Waals surface area contributed by atoms with E-state index < -0.39 is 17.9 Å². The number of amides is 1. The van der Waals surface area contributed by atoms with E-state index in [2.05, 4.69) is 10.3 Å². The predicted octanol–water partition coefficient (Wildman–Crippen LogP) is 4.80. The highest BCUT2D eigenvalue weighted by molar-refractivity contribution is 8.16.